The van der Waals surface area contributed by atoms with Gasteiger partial charge in [-0.1, -0.05) is 6.07 Å². The van der Waals surface area contributed by atoms with E-state index in [2.05, 4.69) is 15.2 Å². The zero-order valence-electron chi connectivity index (χ0n) is 13.9. The number of ether oxygens (including phenoxy) is 2. The summed E-state index contributed by atoms with van der Waals surface area (Å²) in [5.41, 5.74) is 0.895. The molecule has 3 rings (SSSR count). The number of thiazole rings is 1. The second kappa shape index (κ2) is 7.92. The predicted octanol–water partition coefficient (Wildman–Crippen LogP) is 2.98. The van der Waals surface area contributed by atoms with Gasteiger partial charge < -0.3 is 19.7 Å². The molecule has 0 unspecified atom stereocenters. The molecule has 0 amide bonds. The quantitative estimate of drug-likeness (QED) is 0.867. The van der Waals surface area contributed by atoms with Crippen molar-refractivity contribution >= 4 is 16.5 Å². The fourth-order valence-electron chi connectivity index (χ4n) is 2.60. The molecule has 2 heterocycles. The summed E-state index contributed by atoms with van der Waals surface area (Å²) in [5, 5.41) is 4.46. The van der Waals surface area contributed by atoms with E-state index in [1.54, 1.807) is 17.4 Å². The first-order valence-electron chi connectivity index (χ1n) is 8.01. The highest BCUT2D eigenvalue weighted by Gasteiger charge is 2.15. The van der Waals surface area contributed by atoms with Gasteiger partial charge in [-0.2, -0.15) is 0 Å². The highest BCUT2D eigenvalue weighted by molar-refractivity contribution is 7.15. The first kappa shape index (κ1) is 17.1. The normalized spacial score (nSPS) is 16.2. The molecule has 1 saturated heterocycles. The van der Waals surface area contributed by atoms with Crippen LogP contribution in [0.4, 0.5) is 9.52 Å². The number of halogens is 1. The van der Waals surface area contributed by atoms with E-state index in [4.69, 9.17) is 9.47 Å². The Morgan fingerprint density at radius 1 is 1.42 bits per heavy atom. The molecule has 1 aromatic carbocycles. The van der Waals surface area contributed by atoms with Crippen LogP contribution in [0.5, 0.6) is 5.75 Å². The third-order valence-electron chi connectivity index (χ3n) is 4.08. The van der Waals surface area contributed by atoms with Crippen LogP contribution in [0, 0.1) is 5.82 Å². The number of hydrogen-bond acceptors (Lipinski definition) is 6. The van der Waals surface area contributed by atoms with Crippen molar-refractivity contribution in [3.05, 3.63) is 40.7 Å². The van der Waals surface area contributed by atoms with Crippen LogP contribution in [0.1, 0.15) is 23.4 Å². The molecular weight excluding hydrogens is 329 g/mol. The number of nitrogens with zero attached hydrogens (tertiary/aromatic N) is 2. The number of morpholine rings is 1. The van der Waals surface area contributed by atoms with E-state index in [1.807, 2.05) is 19.2 Å². The zero-order chi connectivity index (χ0) is 16.9. The molecule has 5 nitrogen and oxygen atoms in total. The fourth-order valence-corrected chi connectivity index (χ4v) is 3.52. The molecule has 0 bridgehead atoms. The van der Waals surface area contributed by atoms with Gasteiger partial charge in [-0.25, -0.2) is 9.37 Å². The third kappa shape index (κ3) is 4.03. The van der Waals surface area contributed by atoms with Crippen LogP contribution in [0.25, 0.3) is 0 Å². The first-order chi connectivity index (χ1) is 11.7. The lowest BCUT2D eigenvalue weighted by Gasteiger charge is -2.26. The minimum atomic E-state index is -0.337. The van der Waals surface area contributed by atoms with E-state index in [0.717, 1.165) is 41.9 Å². The Morgan fingerprint density at radius 3 is 2.92 bits per heavy atom. The smallest absolute Gasteiger partial charge is 0.185 e. The van der Waals surface area contributed by atoms with E-state index >= 15 is 0 Å². The van der Waals surface area contributed by atoms with Crippen molar-refractivity contribution in [3.8, 4) is 5.75 Å². The van der Waals surface area contributed by atoms with Crippen molar-refractivity contribution in [2.45, 2.75) is 19.5 Å². The van der Waals surface area contributed by atoms with Gasteiger partial charge in [0.05, 0.1) is 20.3 Å². The van der Waals surface area contributed by atoms with Crippen LogP contribution >= 0.6 is 11.3 Å². The lowest BCUT2D eigenvalue weighted by atomic mass is 10.1. The van der Waals surface area contributed by atoms with Crippen molar-refractivity contribution in [1.29, 1.82) is 0 Å². The van der Waals surface area contributed by atoms with E-state index in [1.165, 1.54) is 13.2 Å². The van der Waals surface area contributed by atoms with Gasteiger partial charge in [0.15, 0.2) is 16.7 Å². The average Bonchev–Trinajstić information content (AvgIpc) is 3.09. The van der Waals surface area contributed by atoms with Gasteiger partial charge in [-0.3, -0.25) is 0 Å². The van der Waals surface area contributed by atoms with E-state index in [0.29, 0.717) is 6.54 Å². The number of anilines is 1. The maximum Gasteiger partial charge on any atom is 0.185 e. The van der Waals surface area contributed by atoms with E-state index in [-0.39, 0.29) is 17.6 Å². The number of nitrogens with one attached hydrogen (secondary N) is 1. The summed E-state index contributed by atoms with van der Waals surface area (Å²) in [6, 6.07) is 5.10. The van der Waals surface area contributed by atoms with Gasteiger partial charge in [-0.05, 0) is 24.6 Å². The van der Waals surface area contributed by atoms with Gasteiger partial charge in [0, 0.05) is 36.8 Å². The Bertz CT molecular complexity index is 674. The van der Waals surface area contributed by atoms with Crippen LogP contribution in [0.15, 0.2) is 24.4 Å². The molecule has 1 N–H and O–H groups in total. The summed E-state index contributed by atoms with van der Waals surface area (Å²) < 4.78 is 24.1. The minimum Gasteiger partial charge on any atom is -0.494 e. The number of rotatable bonds is 6. The lowest BCUT2D eigenvalue weighted by Crippen LogP contribution is -2.36. The van der Waals surface area contributed by atoms with Gasteiger partial charge in [0.2, 0.25) is 0 Å². The van der Waals surface area contributed by atoms with Crippen LogP contribution < -0.4 is 15.0 Å². The minimum absolute atomic E-state index is 0.0411. The number of methoxy groups -OCH3 is 1. The summed E-state index contributed by atoms with van der Waals surface area (Å²) in [7, 11) is 1.47. The highest BCUT2D eigenvalue weighted by Crippen LogP contribution is 2.25. The highest BCUT2D eigenvalue weighted by atomic mass is 32.1. The molecule has 0 aliphatic carbocycles. The summed E-state index contributed by atoms with van der Waals surface area (Å²) in [4.78, 5) is 7.91. The Labute approximate surface area is 145 Å². The van der Waals surface area contributed by atoms with Crippen molar-refractivity contribution < 1.29 is 13.9 Å². The number of aromatic nitrogens is 1. The third-order valence-corrected chi connectivity index (χ3v) is 5.14. The molecule has 0 radical (unpaired) electrons. The molecule has 7 heteroatoms. The van der Waals surface area contributed by atoms with Gasteiger partial charge in [0.25, 0.3) is 0 Å². The van der Waals surface area contributed by atoms with Crippen molar-refractivity contribution in [2.24, 2.45) is 0 Å². The topological polar surface area (TPSA) is 46.6 Å². The Kier molecular flexibility index (Phi) is 5.65. The van der Waals surface area contributed by atoms with Crippen LogP contribution in [0.3, 0.4) is 0 Å². The number of hydrogen-bond donors (Lipinski definition) is 1. The molecule has 0 spiro atoms. The van der Waals surface area contributed by atoms with Crippen LogP contribution in [-0.4, -0.2) is 38.4 Å². The molecule has 0 saturated carbocycles. The number of benzene rings is 1. The Balaban J connectivity index is 1.57. The largest absolute Gasteiger partial charge is 0.494 e. The first-order valence-corrected chi connectivity index (χ1v) is 8.83. The second-order valence-electron chi connectivity index (χ2n) is 5.71. The lowest BCUT2D eigenvalue weighted by molar-refractivity contribution is 0.122. The molecule has 130 valence electrons. The molecule has 24 heavy (non-hydrogen) atoms. The molecular formula is C17H22FN3O2S. The van der Waals surface area contributed by atoms with Crippen molar-refractivity contribution in [3.63, 3.8) is 0 Å². The van der Waals surface area contributed by atoms with Gasteiger partial charge in [-0.15, -0.1) is 11.3 Å². The molecule has 1 aromatic heterocycles. The zero-order valence-corrected chi connectivity index (χ0v) is 14.7. The van der Waals surface area contributed by atoms with Crippen LogP contribution in [-0.2, 0) is 11.3 Å². The summed E-state index contributed by atoms with van der Waals surface area (Å²) in [5.74, 6) is -0.0698. The molecule has 2 aromatic rings. The van der Waals surface area contributed by atoms with Crippen molar-refractivity contribution in [1.82, 2.24) is 10.3 Å². The second-order valence-corrected chi connectivity index (χ2v) is 6.80. The fraction of sp³-hybridized carbons (Fsp3) is 0.471. The van der Waals surface area contributed by atoms with E-state index < -0.39 is 0 Å². The molecule has 1 aliphatic heterocycles. The average molecular weight is 351 g/mol. The van der Waals surface area contributed by atoms with Gasteiger partial charge in [0.1, 0.15) is 0 Å². The Morgan fingerprint density at radius 2 is 2.21 bits per heavy atom. The maximum absolute atomic E-state index is 13.8. The molecule has 1 atom stereocenters. The maximum atomic E-state index is 13.8. The van der Waals surface area contributed by atoms with Crippen LogP contribution in [0.2, 0.25) is 0 Å². The van der Waals surface area contributed by atoms with Crippen molar-refractivity contribution in [2.75, 3.05) is 38.3 Å². The Hall–Kier alpha value is -1.70. The predicted molar refractivity (Wildman–Crippen MR) is 93.4 cm³/mol. The summed E-state index contributed by atoms with van der Waals surface area (Å²) in [6.45, 7) is 6.02. The molecule has 1 aliphatic rings. The van der Waals surface area contributed by atoms with Gasteiger partial charge >= 0.3 is 0 Å². The monoisotopic (exact) mass is 351 g/mol. The SMILES string of the molecule is COc1ccc([C@H](C)NCc2cnc(N3CCOCC3)s2)cc1F. The summed E-state index contributed by atoms with van der Waals surface area (Å²) in [6.07, 6.45) is 1.91. The standard InChI is InChI=1S/C17H22FN3O2S/c1-12(13-3-4-16(22-2)15(18)9-13)19-10-14-11-20-17(24-14)21-5-7-23-8-6-21/h3-4,9,11-12,19H,5-8,10H2,1-2H3/t12-/m0/s1. The summed E-state index contributed by atoms with van der Waals surface area (Å²) >= 11 is 1.69. The molecule has 1 fully saturated rings. The van der Waals surface area contributed by atoms with E-state index in [9.17, 15) is 4.39 Å².